The van der Waals surface area contributed by atoms with Crippen molar-refractivity contribution in [1.82, 2.24) is 10.2 Å². The van der Waals surface area contributed by atoms with E-state index < -0.39 is 0 Å². The van der Waals surface area contributed by atoms with Crippen molar-refractivity contribution in [1.29, 1.82) is 0 Å². The van der Waals surface area contributed by atoms with Crippen molar-refractivity contribution in [2.45, 2.75) is 44.7 Å². The van der Waals surface area contributed by atoms with Gasteiger partial charge in [-0.3, -0.25) is 9.69 Å². The summed E-state index contributed by atoms with van der Waals surface area (Å²) < 4.78 is 0. The van der Waals surface area contributed by atoms with Gasteiger partial charge in [0.05, 0.1) is 6.04 Å². The van der Waals surface area contributed by atoms with Crippen molar-refractivity contribution in [3.8, 4) is 0 Å². The SMILES string of the molecule is CC(C(N)=O)N(CC1CC1)CC1CCCN1. The molecule has 4 nitrogen and oxygen atoms in total. The normalized spacial score (nSPS) is 27.2. The molecule has 1 aliphatic carbocycles. The van der Waals surface area contributed by atoms with Crippen molar-refractivity contribution >= 4 is 5.91 Å². The molecule has 0 bridgehead atoms. The molecule has 1 heterocycles. The topological polar surface area (TPSA) is 58.4 Å². The molecule has 0 aromatic heterocycles. The molecule has 1 saturated carbocycles. The van der Waals surface area contributed by atoms with E-state index in [0.29, 0.717) is 6.04 Å². The van der Waals surface area contributed by atoms with Crippen molar-refractivity contribution in [2.24, 2.45) is 11.7 Å². The minimum Gasteiger partial charge on any atom is -0.368 e. The Balaban J connectivity index is 1.86. The summed E-state index contributed by atoms with van der Waals surface area (Å²) in [6, 6.07) is 0.434. The molecule has 1 aliphatic heterocycles. The lowest BCUT2D eigenvalue weighted by Gasteiger charge is -2.29. The lowest BCUT2D eigenvalue weighted by molar-refractivity contribution is -0.122. The zero-order valence-corrected chi connectivity index (χ0v) is 10.1. The van der Waals surface area contributed by atoms with E-state index in [-0.39, 0.29) is 11.9 Å². The summed E-state index contributed by atoms with van der Waals surface area (Å²) in [4.78, 5) is 13.5. The highest BCUT2D eigenvalue weighted by Crippen LogP contribution is 2.30. The number of carbonyl (C=O) groups is 1. The summed E-state index contributed by atoms with van der Waals surface area (Å²) in [5, 5.41) is 3.48. The van der Waals surface area contributed by atoms with Crippen molar-refractivity contribution in [3.05, 3.63) is 0 Å². The van der Waals surface area contributed by atoms with Crippen LogP contribution in [-0.2, 0) is 4.79 Å². The highest BCUT2D eigenvalue weighted by atomic mass is 16.1. The van der Waals surface area contributed by atoms with E-state index in [1.165, 1.54) is 25.7 Å². The molecule has 2 unspecified atom stereocenters. The Morgan fingerprint density at radius 2 is 2.19 bits per heavy atom. The summed E-state index contributed by atoms with van der Waals surface area (Å²) in [5.41, 5.74) is 5.41. The van der Waals surface area contributed by atoms with E-state index in [4.69, 9.17) is 5.73 Å². The molecule has 2 atom stereocenters. The van der Waals surface area contributed by atoms with Crippen LogP contribution in [0.4, 0.5) is 0 Å². The standard InChI is InChI=1S/C12H23N3O/c1-9(12(13)16)15(7-10-4-5-10)8-11-3-2-6-14-11/h9-11,14H,2-8H2,1H3,(H2,13,16). The first-order valence-corrected chi connectivity index (χ1v) is 6.43. The maximum atomic E-state index is 11.3. The first-order chi connectivity index (χ1) is 7.66. The first-order valence-electron chi connectivity index (χ1n) is 6.43. The van der Waals surface area contributed by atoms with E-state index >= 15 is 0 Å². The second-order valence-corrected chi connectivity index (χ2v) is 5.27. The summed E-state index contributed by atoms with van der Waals surface area (Å²) in [7, 11) is 0. The molecule has 0 aromatic carbocycles. The van der Waals surface area contributed by atoms with Crippen molar-refractivity contribution in [3.63, 3.8) is 0 Å². The van der Waals surface area contributed by atoms with Crippen LogP contribution in [0.1, 0.15) is 32.6 Å². The number of amides is 1. The fraction of sp³-hybridized carbons (Fsp3) is 0.917. The van der Waals surface area contributed by atoms with E-state index in [1.54, 1.807) is 0 Å². The predicted molar refractivity (Wildman–Crippen MR) is 64.0 cm³/mol. The fourth-order valence-corrected chi connectivity index (χ4v) is 2.40. The van der Waals surface area contributed by atoms with E-state index in [1.807, 2.05) is 6.92 Å². The number of nitrogens with two attached hydrogens (primary N) is 1. The Bertz CT molecular complexity index is 247. The maximum absolute atomic E-state index is 11.3. The second-order valence-electron chi connectivity index (χ2n) is 5.27. The van der Waals surface area contributed by atoms with Crippen molar-refractivity contribution < 1.29 is 4.79 Å². The fourth-order valence-electron chi connectivity index (χ4n) is 2.40. The van der Waals surface area contributed by atoms with Crippen LogP contribution in [-0.4, -0.2) is 42.5 Å². The zero-order chi connectivity index (χ0) is 11.5. The largest absolute Gasteiger partial charge is 0.368 e. The Hall–Kier alpha value is -0.610. The molecule has 16 heavy (non-hydrogen) atoms. The number of carbonyl (C=O) groups excluding carboxylic acids is 1. The third-order valence-corrected chi connectivity index (χ3v) is 3.77. The maximum Gasteiger partial charge on any atom is 0.234 e. The molecule has 4 heteroatoms. The van der Waals surface area contributed by atoms with Gasteiger partial charge in [0.25, 0.3) is 0 Å². The van der Waals surface area contributed by atoms with E-state index in [2.05, 4.69) is 10.2 Å². The Morgan fingerprint density at radius 3 is 2.69 bits per heavy atom. The first kappa shape index (κ1) is 11.9. The second kappa shape index (κ2) is 5.15. The number of hydrogen-bond acceptors (Lipinski definition) is 3. The van der Waals surface area contributed by atoms with Gasteiger partial charge in [-0.1, -0.05) is 0 Å². The number of primary amides is 1. The molecule has 0 aromatic rings. The number of hydrogen-bond donors (Lipinski definition) is 2. The highest BCUT2D eigenvalue weighted by molar-refractivity contribution is 5.79. The van der Waals surface area contributed by atoms with E-state index in [0.717, 1.165) is 25.6 Å². The number of rotatable bonds is 6. The molecule has 2 aliphatic rings. The van der Waals surface area contributed by atoms with E-state index in [9.17, 15) is 4.79 Å². The molecule has 0 radical (unpaired) electrons. The van der Waals surface area contributed by atoms with Crippen LogP contribution in [0.5, 0.6) is 0 Å². The van der Waals surface area contributed by atoms with Crippen molar-refractivity contribution in [2.75, 3.05) is 19.6 Å². The minimum absolute atomic E-state index is 0.122. The monoisotopic (exact) mass is 225 g/mol. The third kappa shape index (κ3) is 3.19. The average molecular weight is 225 g/mol. The van der Waals surface area contributed by atoms with Crippen LogP contribution in [0.25, 0.3) is 0 Å². The Morgan fingerprint density at radius 1 is 1.44 bits per heavy atom. The number of nitrogens with one attached hydrogen (secondary N) is 1. The van der Waals surface area contributed by atoms with Crippen LogP contribution in [0.15, 0.2) is 0 Å². The number of nitrogens with zero attached hydrogens (tertiary/aromatic N) is 1. The van der Waals surface area contributed by atoms with Gasteiger partial charge in [-0.15, -0.1) is 0 Å². The van der Waals surface area contributed by atoms with Crippen LogP contribution < -0.4 is 11.1 Å². The van der Waals surface area contributed by atoms with Crippen LogP contribution in [0, 0.1) is 5.92 Å². The molecule has 92 valence electrons. The molecule has 1 saturated heterocycles. The van der Waals surface area contributed by atoms with Crippen LogP contribution in [0.2, 0.25) is 0 Å². The van der Waals surface area contributed by atoms with Gasteiger partial charge in [0, 0.05) is 19.1 Å². The molecule has 3 N–H and O–H groups in total. The van der Waals surface area contributed by atoms with Crippen LogP contribution in [0.3, 0.4) is 0 Å². The van der Waals surface area contributed by atoms with Crippen LogP contribution >= 0.6 is 0 Å². The van der Waals surface area contributed by atoms with Gasteiger partial charge in [0.2, 0.25) is 5.91 Å². The Kier molecular flexibility index (Phi) is 3.82. The zero-order valence-electron chi connectivity index (χ0n) is 10.1. The average Bonchev–Trinajstić information content (AvgIpc) is 2.91. The Labute approximate surface area is 97.6 Å². The predicted octanol–water partition coefficient (Wildman–Crippen LogP) is 0.324. The van der Waals surface area contributed by atoms with Gasteiger partial charge >= 0.3 is 0 Å². The molecule has 2 fully saturated rings. The molecular formula is C12H23N3O. The van der Waals surface area contributed by atoms with Gasteiger partial charge in [0.1, 0.15) is 0 Å². The lowest BCUT2D eigenvalue weighted by Crippen LogP contribution is -2.48. The molecule has 1 amide bonds. The summed E-state index contributed by atoms with van der Waals surface area (Å²) >= 11 is 0. The third-order valence-electron chi connectivity index (χ3n) is 3.77. The molecular weight excluding hydrogens is 202 g/mol. The van der Waals surface area contributed by atoms with Gasteiger partial charge in [0.15, 0.2) is 0 Å². The van der Waals surface area contributed by atoms with Gasteiger partial charge in [-0.05, 0) is 45.1 Å². The highest BCUT2D eigenvalue weighted by Gasteiger charge is 2.30. The summed E-state index contributed by atoms with van der Waals surface area (Å²) in [6.45, 7) is 5.06. The lowest BCUT2D eigenvalue weighted by atomic mass is 10.1. The summed E-state index contributed by atoms with van der Waals surface area (Å²) in [5.74, 6) is 0.613. The smallest absolute Gasteiger partial charge is 0.234 e. The minimum atomic E-state index is -0.196. The molecule has 2 rings (SSSR count). The van der Waals surface area contributed by atoms with Gasteiger partial charge in [-0.25, -0.2) is 0 Å². The van der Waals surface area contributed by atoms with Gasteiger partial charge in [-0.2, -0.15) is 0 Å². The molecule has 0 spiro atoms. The quantitative estimate of drug-likeness (QED) is 0.684. The van der Waals surface area contributed by atoms with Gasteiger partial charge < -0.3 is 11.1 Å². The summed E-state index contributed by atoms with van der Waals surface area (Å²) in [6.07, 6.45) is 5.12.